The van der Waals surface area contributed by atoms with Crippen LogP contribution in [0.15, 0.2) is 12.1 Å². The fourth-order valence-electron chi connectivity index (χ4n) is 2.39. The minimum absolute atomic E-state index is 0.158. The molecule has 0 bridgehead atoms. The number of hydrogen-bond acceptors (Lipinski definition) is 6. The molecule has 1 atom stereocenters. The molecule has 1 aliphatic heterocycles. The molecule has 1 aromatic rings. The first-order chi connectivity index (χ1) is 9.54. The predicted molar refractivity (Wildman–Crippen MR) is 74.2 cm³/mol. The molecule has 0 aliphatic carbocycles. The van der Waals surface area contributed by atoms with Crippen molar-refractivity contribution in [2.75, 3.05) is 24.3 Å². The number of piperidine rings is 1. The third-order valence-corrected chi connectivity index (χ3v) is 3.40. The molecule has 0 aromatic carbocycles. The van der Waals surface area contributed by atoms with E-state index in [1.807, 2.05) is 0 Å². The Bertz CT molecular complexity index is 532. The highest BCUT2D eigenvalue weighted by atomic mass is 16.5. The minimum atomic E-state index is -0.543. The Balaban J connectivity index is 2.39. The average Bonchev–Trinajstić information content (AvgIpc) is 2.47. The van der Waals surface area contributed by atoms with Gasteiger partial charge in [-0.3, -0.25) is 4.79 Å². The first kappa shape index (κ1) is 14.1. The second-order valence-corrected chi connectivity index (χ2v) is 4.71. The molecule has 1 aliphatic rings. The first-order valence-electron chi connectivity index (χ1n) is 6.45. The molecule has 7 heteroatoms. The zero-order valence-electron chi connectivity index (χ0n) is 11.3. The number of nitrogens with zero attached hydrogens (tertiary/aromatic N) is 2. The van der Waals surface area contributed by atoms with Crippen molar-refractivity contribution in [3.8, 4) is 0 Å². The number of hydrogen-bond donors (Lipinski definition) is 2. The number of esters is 1. The Morgan fingerprint density at radius 2 is 2.15 bits per heavy atom. The van der Waals surface area contributed by atoms with E-state index in [0.717, 1.165) is 12.8 Å². The molecule has 1 aromatic heterocycles. The molecule has 7 nitrogen and oxygen atoms in total. The molecule has 1 unspecified atom stereocenters. The van der Waals surface area contributed by atoms with E-state index < -0.39 is 17.9 Å². The molecule has 2 rings (SSSR count). The van der Waals surface area contributed by atoms with E-state index in [1.165, 1.54) is 13.2 Å². The lowest BCUT2D eigenvalue weighted by Crippen LogP contribution is -2.48. The molecule has 20 heavy (non-hydrogen) atoms. The van der Waals surface area contributed by atoms with Gasteiger partial charge in [0, 0.05) is 6.54 Å². The van der Waals surface area contributed by atoms with Gasteiger partial charge in [0.25, 0.3) is 0 Å². The fraction of sp³-hybridized carbons (Fsp3) is 0.462. The van der Waals surface area contributed by atoms with Gasteiger partial charge in [-0.25, -0.2) is 9.78 Å². The van der Waals surface area contributed by atoms with Crippen molar-refractivity contribution >= 4 is 23.4 Å². The fourth-order valence-corrected chi connectivity index (χ4v) is 2.39. The lowest BCUT2D eigenvalue weighted by Gasteiger charge is -2.35. The highest BCUT2D eigenvalue weighted by molar-refractivity contribution is 5.89. The Kier molecular flexibility index (Phi) is 4.07. The van der Waals surface area contributed by atoms with Crippen molar-refractivity contribution in [3.63, 3.8) is 0 Å². The van der Waals surface area contributed by atoms with Crippen molar-refractivity contribution in [3.05, 3.63) is 17.8 Å². The standard InChI is InChI=1S/C13H18N4O3/c1-20-13(19)9-6-5-8(14)12(16-9)17-7-3-2-4-10(17)11(15)18/h5-6,10H,2-4,7,14H2,1H3,(H2,15,18). The van der Waals surface area contributed by atoms with E-state index in [1.54, 1.807) is 11.0 Å². The summed E-state index contributed by atoms with van der Waals surface area (Å²) in [4.78, 5) is 29.1. The smallest absolute Gasteiger partial charge is 0.356 e. The molecule has 1 saturated heterocycles. The highest BCUT2D eigenvalue weighted by Gasteiger charge is 2.29. The molecule has 0 radical (unpaired) electrons. The van der Waals surface area contributed by atoms with E-state index in [-0.39, 0.29) is 5.69 Å². The number of ether oxygens (including phenoxy) is 1. The number of carbonyl (C=O) groups is 2. The summed E-state index contributed by atoms with van der Waals surface area (Å²) in [6, 6.07) is 2.64. The summed E-state index contributed by atoms with van der Waals surface area (Å²) in [6.45, 7) is 0.634. The van der Waals surface area contributed by atoms with Crippen LogP contribution in [-0.4, -0.2) is 36.6 Å². The second kappa shape index (κ2) is 5.77. The average molecular weight is 278 g/mol. The molecule has 2 heterocycles. The molecular formula is C13H18N4O3. The SMILES string of the molecule is COC(=O)c1ccc(N)c(N2CCCCC2C(N)=O)n1. The van der Waals surface area contributed by atoms with Crippen molar-refractivity contribution < 1.29 is 14.3 Å². The molecule has 1 amide bonds. The number of pyridine rings is 1. The lowest BCUT2D eigenvalue weighted by atomic mass is 10.0. The number of nitrogens with two attached hydrogens (primary N) is 2. The van der Waals surface area contributed by atoms with Gasteiger partial charge >= 0.3 is 5.97 Å². The Hall–Kier alpha value is -2.31. The summed E-state index contributed by atoms with van der Waals surface area (Å²) in [5.74, 6) is -0.537. The van der Waals surface area contributed by atoms with Crippen LogP contribution in [0.25, 0.3) is 0 Å². The second-order valence-electron chi connectivity index (χ2n) is 4.71. The molecule has 108 valence electrons. The monoisotopic (exact) mass is 278 g/mol. The normalized spacial score (nSPS) is 18.6. The maximum atomic E-state index is 11.5. The van der Waals surface area contributed by atoms with E-state index in [9.17, 15) is 9.59 Å². The van der Waals surface area contributed by atoms with Crippen molar-refractivity contribution in [2.45, 2.75) is 25.3 Å². The van der Waals surface area contributed by atoms with Gasteiger partial charge in [-0.15, -0.1) is 0 Å². The van der Waals surface area contributed by atoms with Crippen LogP contribution in [0, 0.1) is 0 Å². The molecule has 0 saturated carbocycles. The number of aromatic nitrogens is 1. The zero-order valence-corrected chi connectivity index (χ0v) is 11.3. The number of carbonyl (C=O) groups excluding carboxylic acids is 2. The van der Waals surface area contributed by atoms with Gasteiger partial charge in [0.15, 0.2) is 11.5 Å². The molecule has 4 N–H and O–H groups in total. The van der Waals surface area contributed by atoms with Crippen LogP contribution in [0.4, 0.5) is 11.5 Å². The number of primary amides is 1. The van der Waals surface area contributed by atoms with Crippen LogP contribution in [0.1, 0.15) is 29.8 Å². The lowest BCUT2D eigenvalue weighted by molar-refractivity contribution is -0.119. The van der Waals surface area contributed by atoms with Crippen LogP contribution in [0.5, 0.6) is 0 Å². The Morgan fingerprint density at radius 1 is 1.40 bits per heavy atom. The summed E-state index contributed by atoms with van der Waals surface area (Å²) in [6.07, 6.45) is 2.52. The third-order valence-electron chi connectivity index (χ3n) is 3.40. The van der Waals surface area contributed by atoms with Crippen molar-refractivity contribution in [1.29, 1.82) is 0 Å². The summed E-state index contributed by atoms with van der Waals surface area (Å²) < 4.78 is 4.64. The van der Waals surface area contributed by atoms with E-state index >= 15 is 0 Å². The van der Waals surface area contributed by atoms with Crippen LogP contribution >= 0.6 is 0 Å². The zero-order chi connectivity index (χ0) is 14.7. The molecular weight excluding hydrogens is 260 g/mol. The maximum absolute atomic E-state index is 11.5. The van der Waals surface area contributed by atoms with Crippen LogP contribution in [0.3, 0.4) is 0 Å². The van der Waals surface area contributed by atoms with Gasteiger partial charge in [0.1, 0.15) is 6.04 Å². The largest absolute Gasteiger partial charge is 0.464 e. The van der Waals surface area contributed by atoms with E-state index in [0.29, 0.717) is 24.5 Å². The summed E-state index contributed by atoms with van der Waals surface area (Å²) in [5, 5.41) is 0. The van der Waals surface area contributed by atoms with Crippen molar-refractivity contribution in [1.82, 2.24) is 4.98 Å². The van der Waals surface area contributed by atoms with E-state index in [2.05, 4.69) is 9.72 Å². The summed E-state index contributed by atoms with van der Waals surface area (Å²) in [7, 11) is 1.28. The topological polar surface area (TPSA) is 112 Å². The third kappa shape index (κ3) is 2.66. The number of rotatable bonds is 3. The maximum Gasteiger partial charge on any atom is 0.356 e. The summed E-state index contributed by atoms with van der Waals surface area (Å²) >= 11 is 0. The van der Waals surface area contributed by atoms with Crippen LogP contribution in [-0.2, 0) is 9.53 Å². The van der Waals surface area contributed by atoms with Gasteiger partial charge < -0.3 is 21.1 Å². The Morgan fingerprint density at radius 3 is 2.80 bits per heavy atom. The van der Waals surface area contributed by atoms with Gasteiger partial charge in [-0.1, -0.05) is 0 Å². The predicted octanol–water partition coefficient (Wildman–Crippen LogP) is 0.295. The van der Waals surface area contributed by atoms with Crippen molar-refractivity contribution in [2.24, 2.45) is 5.73 Å². The van der Waals surface area contributed by atoms with E-state index in [4.69, 9.17) is 11.5 Å². The number of nitrogen functional groups attached to an aromatic ring is 1. The van der Waals surface area contributed by atoms with Crippen LogP contribution < -0.4 is 16.4 Å². The number of amides is 1. The summed E-state index contributed by atoms with van der Waals surface area (Å²) in [5.41, 5.74) is 11.9. The molecule has 0 spiro atoms. The Labute approximate surface area is 116 Å². The number of methoxy groups -OCH3 is 1. The molecule has 1 fully saturated rings. The number of anilines is 2. The van der Waals surface area contributed by atoms with Gasteiger partial charge in [-0.2, -0.15) is 0 Å². The minimum Gasteiger partial charge on any atom is -0.464 e. The first-order valence-corrected chi connectivity index (χ1v) is 6.45. The quantitative estimate of drug-likeness (QED) is 0.769. The van der Waals surface area contributed by atoms with Crippen LogP contribution in [0.2, 0.25) is 0 Å². The van der Waals surface area contributed by atoms with Gasteiger partial charge in [-0.05, 0) is 31.4 Å². The van der Waals surface area contributed by atoms with Gasteiger partial charge in [0.05, 0.1) is 12.8 Å². The highest BCUT2D eigenvalue weighted by Crippen LogP contribution is 2.28. The van der Waals surface area contributed by atoms with Gasteiger partial charge in [0.2, 0.25) is 5.91 Å².